The molecule has 2 rings (SSSR count). The average Bonchev–Trinajstić information content (AvgIpc) is 2.25. The summed E-state index contributed by atoms with van der Waals surface area (Å²) in [5, 5.41) is 11.4. The molecule has 0 unspecified atom stereocenters. The highest BCUT2D eigenvalue weighted by molar-refractivity contribution is 9.10. The van der Waals surface area contributed by atoms with Gasteiger partial charge in [-0.25, -0.2) is 0 Å². The van der Waals surface area contributed by atoms with E-state index in [1.54, 1.807) is 12.1 Å². The molecule has 0 radical (unpaired) electrons. The summed E-state index contributed by atoms with van der Waals surface area (Å²) in [6, 6.07) is 3.40. The maximum absolute atomic E-state index is 8.50. The maximum atomic E-state index is 8.50. The molecule has 0 aliphatic rings. The molecular formula is C9H6BrN3O. The van der Waals surface area contributed by atoms with Gasteiger partial charge in [0.05, 0.1) is 14.5 Å². The SMILES string of the molecule is [2H]c1nc2c(Br)ccc(/C=N/O)c2nc1[2H]. The maximum Gasteiger partial charge on any atom is 0.103 e. The molecule has 1 N–H and O–H groups in total. The summed E-state index contributed by atoms with van der Waals surface area (Å²) in [5.74, 6) is 0. The van der Waals surface area contributed by atoms with Gasteiger partial charge in [-0.1, -0.05) is 5.16 Å². The average molecular weight is 254 g/mol. The van der Waals surface area contributed by atoms with Crippen LogP contribution in [0.1, 0.15) is 8.30 Å². The Bertz CT molecular complexity index is 588. The number of aromatic nitrogens is 2. The van der Waals surface area contributed by atoms with Gasteiger partial charge in [-0.2, -0.15) is 0 Å². The molecule has 0 saturated heterocycles. The molecule has 1 heterocycles. The Kier molecular flexibility index (Phi) is 1.83. The predicted octanol–water partition coefficient (Wildman–Crippen LogP) is 2.20. The van der Waals surface area contributed by atoms with Gasteiger partial charge in [-0.15, -0.1) is 0 Å². The van der Waals surface area contributed by atoms with E-state index in [0.29, 0.717) is 21.1 Å². The zero-order valence-electron chi connectivity index (χ0n) is 8.90. The summed E-state index contributed by atoms with van der Waals surface area (Å²) in [4.78, 5) is 7.88. The molecule has 0 atom stereocenters. The van der Waals surface area contributed by atoms with Crippen molar-refractivity contribution in [2.45, 2.75) is 0 Å². The van der Waals surface area contributed by atoms with Crippen molar-refractivity contribution in [2.24, 2.45) is 5.16 Å². The first kappa shape index (κ1) is 6.89. The summed E-state index contributed by atoms with van der Waals surface area (Å²) in [6.45, 7) is 0. The van der Waals surface area contributed by atoms with Crippen molar-refractivity contribution < 1.29 is 7.95 Å². The number of hydrogen-bond donors (Lipinski definition) is 1. The highest BCUT2D eigenvalue weighted by Gasteiger charge is 2.04. The predicted molar refractivity (Wildman–Crippen MR) is 56.6 cm³/mol. The lowest BCUT2D eigenvalue weighted by atomic mass is 10.2. The molecule has 0 aliphatic heterocycles. The van der Waals surface area contributed by atoms with Crippen LogP contribution in [0.3, 0.4) is 0 Å². The van der Waals surface area contributed by atoms with Crippen molar-refractivity contribution in [3.63, 3.8) is 0 Å². The molecule has 0 bridgehead atoms. The van der Waals surface area contributed by atoms with Crippen LogP contribution in [-0.4, -0.2) is 21.4 Å². The molecule has 0 aliphatic carbocycles. The van der Waals surface area contributed by atoms with Crippen LogP contribution in [0, 0.1) is 0 Å². The molecule has 0 spiro atoms. The second kappa shape index (κ2) is 3.71. The van der Waals surface area contributed by atoms with Crippen LogP contribution < -0.4 is 0 Å². The van der Waals surface area contributed by atoms with Gasteiger partial charge in [-0.05, 0) is 28.1 Å². The van der Waals surface area contributed by atoms with E-state index in [1.165, 1.54) is 6.21 Å². The van der Waals surface area contributed by atoms with Crippen molar-refractivity contribution in [1.82, 2.24) is 9.97 Å². The summed E-state index contributed by atoms with van der Waals surface area (Å²) in [7, 11) is 0. The number of nitrogens with zero attached hydrogens (tertiary/aromatic N) is 3. The Hall–Kier alpha value is -1.49. The molecule has 70 valence electrons. The minimum Gasteiger partial charge on any atom is -0.411 e. The Labute approximate surface area is 91.2 Å². The van der Waals surface area contributed by atoms with Gasteiger partial charge < -0.3 is 5.21 Å². The lowest BCUT2D eigenvalue weighted by molar-refractivity contribution is 0.322. The van der Waals surface area contributed by atoms with Crippen LogP contribution in [0.4, 0.5) is 0 Å². The molecule has 4 nitrogen and oxygen atoms in total. The standard InChI is InChI=1S/C9H6BrN3O/c10-7-2-1-6(5-13-14)8-9(7)12-4-3-11-8/h1-5,14H/b13-5+/i3D,4D. The molecule has 0 fully saturated rings. The summed E-state index contributed by atoms with van der Waals surface area (Å²) >= 11 is 3.29. The van der Waals surface area contributed by atoms with Crippen LogP contribution in [-0.2, 0) is 0 Å². The highest BCUT2D eigenvalue weighted by atomic mass is 79.9. The molecule has 14 heavy (non-hydrogen) atoms. The Morgan fingerprint density at radius 3 is 2.79 bits per heavy atom. The zero-order valence-corrected chi connectivity index (χ0v) is 8.48. The van der Waals surface area contributed by atoms with E-state index in [2.05, 4.69) is 31.1 Å². The molecule has 0 amide bonds. The van der Waals surface area contributed by atoms with Crippen molar-refractivity contribution in [3.05, 3.63) is 34.5 Å². The summed E-state index contributed by atoms with van der Waals surface area (Å²) < 4.78 is 15.5. The first-order valence-corrected chi connectivity index (χ1v) is 4.53. The molecule has 0 saturated carbocycles. The minimum absolute atomic E-state index is 0.189. The second-order valence-corrected chi connectivity index (χ2v) is 3.38. The number of hydrogen-bond acceptors (Lipinski definition) is 4. The van der Waals surface area contributed by atoms with E-state index in [-0.39, 0.29) is 12.3 Å². The van der Waals surface area contributed by atoms with Gasteiger partial charge in [0.2, 0.25) is 0 Å². The van der Waals surface area contributed by atoms with Gasteiger partial charge in [0, 0.05) is 22.4 Å². The smallest absolute Gasteiger partial charge is 0.103 e. The Balaban J connectivity index is 2.87. The van der Waals surface area contributed by atoms with Gasteiger partial charge in [0.25, 0.3) is 0 Å². The first-order valence-electron chi connectivity index (χ1n) is 4.74. The largest absolute Gasteiger partial charge is 0.411 e. The topological polar surface area (TPSA) is 58.4 Å². The van der Waals surface area contributed by atoms with Crippen LogP contribution in [0.15, 0.2) is 34.1 Å². The van der Waals surface area contributed by atoms with E-state index in [0.717, 1.165) is 0 Å². The lowest BCUT2D eigenvalue weighted by Crippen LogP contribution is -1.90. The van der Waals surface area contributed by atoms with Crippen molar-refractivity contribution in [2.75, 3.05) is 0 Å². The first-order chi connectivity index (χ1) is 7.63. The fourth-order valence-corrected chi connectivity index (χ4v) is 1.53. The van der Waals surface area contributed by atoms with Gasteiger partial charge in [0.15, 0.2) is 0 Å². The molecular weight excluding hydrogens is 246 g/mol. The molecule has 1 aromatic heterocycles. The lowest BCUT2D eigenvalue weighted by Gasteiger charge is -2.00. The Morgan fingerprint density at radius 1 is 1.36 bits per heavy atom. The summed E-state index contributed by atoms with van der Waals surface area (Å²) in [6.07, 6.45) is 0.816. The third-order valence-corrected chi connectivity index (χ3v) is 2.36. The number of halogens is 1. The monoisotopic (exact) mass is 253 g/mol. The van der Waals surface area contributed by atoms with E-state index in [9.17, 15) is 0 Å². The van der Waals surface area contributed by atoms with Gasteiger partial charge >= 0.3 is 0 Å². The van der Waals surface area contributed by atoms with Crippen LogP contribution in [0.5, 0.6) is 0 Å². The molecule has 5 heteroatoms. The van der Waals surface area contributed by atoms with Crippen LogP contribution in [0.25, 0.3) is 11.0 Å². The van der Waals surface area contributed by atoms with Crippen molar-refractivity contribution in [3.8, 4) is 0 Å². The number of fused-ring (bicyclic) bond motifs is 1. The van der Waals surface area contributed by atoms with Crippen molar-refractivity contribution in [1.29, 1.82) is 0 Å². The second-order valence-electron chi connectivity index (χ2n) is 2.53. The normalized spacial score (nSPS) is 13.2. The highest BCUT2D eigenvalue weighted by Crippen LogP contribution is 2.22. The van der Waals surface area contributed by atoms with E-state index >= 15 is 0 Å². The van der Waals surface area contributed by atoms with Crippen molar-refractivity contribution >= 4 is 33.2 Å². The fourth-order valence-electron chi connectivity index (χ4n) is 1.12. The Morgan fingerprint density at radius 2 is 2.07 bits per heavy atom. The third kappa shape index (κ3) is 1.46. The van der Waals surface area contributed by atoms with Gasteiger partial charge in [-0.3, -0.25) is 9.97 Å². The van der Waals surface area contributed by atoms with Crippen LogP contribution in [0.2, 0.25) is 0 Å². The summed E-state index contributed by atoms with van der Waals surface area (Å²) in [5.41, 5.74) is 1.44. The van der Waals surface area contributed by atoms with Gasteiger partial charge in [0.1, 0.15) is 5.52 Å². The number of benzene rings is 1. The van der Waals surface area contributed by atoms with E-state index in [1.807, 2.05) is 0 Å². The quantitative estimate of drug-likeness (QED) is 0.482. The fraction of sp³-hybridized carbons (Fsp3) is 0. The van der Waals surface area contributed by atoms with E-state index in [4.69, 9.17) is 7.95 Å². The molecule has 2 aromatic rings. The number of oxime groups is 1. The van der Waals surface area contributed by atoms with E-state index < -0.39 is 0 Å². The minimum atomic E-state index is -0.210. The third-order valence-electron chi connectivity index (χ3n) is 1.72. The number of rotatable bonds is 1. The van der Waals surface area contributed by atoms with Crippen LogP contribution >= 0.6 is 15.9 Å². The molecule has 1 aromatic carbocycles. The zero-order chi connectivity index (χ0) is 11.7.